The first-order chi connectivity index (χ1) is 9.36. The number of sulfonamides is 1. The fraction of sp³-hybridized carbons (Fsp3) is 0.385. The molecule has 1 aliphatic rings. The number of nitrogens with one attached hydrogen (secondary N) is 1. The molecule has 6 nitrogen and oxygen atoms in total. The second kappa shape index (κ2) is 4.21. The van der Waals surface area contributed by atoms with Crippen molar-refractivity contribution in [2.75, 3.05) is 18.8 Å². The summed E-state index contributed by atoms with van der Waals surface area (Å²) in [4.78, 5) is 3.14. The normalized spacial score (nSPS) is 19.1. The van der Waals surface area contributed by atoms with Gasteiger partial charge >= 0.3 is 0 Å². The van der Waals surface area contributed by atoms with Gasteiger partial charge < -0.3 is 15.8 Å². The van der Waals surface area contributed by atoms with Gasteiger partial charge in [-0.3, -0.25) is 0 Å². The van der Waals surface area contributed by atoms with E-state index in [4.69, 9.17) is 5.73 Å². The number of aromatic amines is 1. The molecular weight excluding hydrogens is 278 g/mol. The molecule has 108 valence electrons. The highest BCUT2D eigenvalue weighted by Gasteiger charge is 2.46. The number of anilines is 1. The van der Waals surface area contributed by atoms with Crippen LogP contribution in [0.25, 0.3) is 10.9 Å². The van der Waals surface area contributed by atoms with E-state index < -0.39 is 15.6 Å². The highest BCUT2D eigenvalue weighted by atomic mass is 32.2. The van der Waals surface area contributed by atoms with Crippen LogP contribution in [0, 0.1) is 0 Å². The van der Waals surface area contributed by atoms with Gasteiger partial charge in [-0.05, 0) is 24.6 Å². The minimum Gasteiger partial charge on any atom is -0.399 e. The smallest absolute Gasteiger partial charge is 0.245 e. The summed E-state index contributed by atoms with van der Waals surface area (Å²) in [6, 6.07) is 5.11. The van der Waals surface area contributed by atoms with Crippen molar-refractivity contribution in [2.45, 2.75) is 23.8 Å². The van der Waals surface area contributed by atoms with Gasteiger partial charge in [0.2, 0.25) is 10.0 Å². The third-order valence-corrected chi connectivity index (χ3v) is 5.72. The molecule has 0 amide bonds. The van der Waals surface area contributed by atoms with E-state index in [-0.39, 0.29) is 18.0 Å². The predicted molar refractivity (Wildman–Crippen MR) is 76.7 cm³/mol. The Bertz CT molecular complexity index is 760. The number of benzene rings is 1. The molecule has 1 aromatic carbocycles. The molecule has 7 heteroatoms. The van der Waals surface area contributed by atoms with Crippen molar-refractivity contribution in [1.29, 1.82) is 0 Å². The first-order valence-corrected chi connectivity index (χ1v) is 7.89. The third-order valence-electron chi connectivity index (χ3n) is 3.89. The van der Waals surface area contributed by atoms with Gasteiger partial charge in [0.25, 0.3) is 0 Å². The second-order valence-corrected chi connectivity index (χ2v) is 7.22. The van der Waals surface area contributed by atoms with Gasteiger partial charge in [-0.25, -0.2) is 8.42 Å². The minimum absolute atomic E-state index is 0.140. The summed E-state index contributed by atoms with van der Waals surface area (Å²) in [6.07, 6.45) is 2.02. The summed E-state index contributed by atoms with van der Waals surface area (Å²) >= 11 is 0. The molecule has 2 aromatic rings. The van der Waals surface area contributed by atoms with Crippen LogP contribution in [0.3, 0.4) is 0 Å². The number of β-amino-alcohol motifs (C(OH)–C–C–N with tert-alkyl or cyclic N) is 1. The zero-order chi connectivity index (χ0) is 14.5. The van der Waals surface area contributed by atoms with E-state index in [0.717, 1.165) is 5.52 Å². The van der Waals surface area contributed by atoms with Crippen molar-refractivity contribution in [3.63, 3.8) is 0 Å². The number of rotatable bonds is 3. The summed E-state index contributed by atoms with van der Waals surface area (Å²) in [5, 5.41) is 10.6. The van der Waals surface area contributed by atoms with E-state index in [0.29, 0.717) is 17.5 Å². The molecule has 4 N–H and O–H groups in total. The number of fused-ring (bicyclic) bond motifs is 1. The van der Waals surface area contributed by atoms with Crippen LogP contribution in [0.15, 0.2) is 29.3 Å². The Labute approximate surface area is 117 Å². The van der Waals surface area contributed by atoms with E-state index in [1.807, 2.05) is 6.92 Å². The SMILES string of the molecule is CCC1(O)CN(S(=O)(=O)c2c[nH]c3ccc(N)cc23)C1. The number of hydrogen-bond acceptors (Lipinski definition) is 4. The van der Waals surface area contributed by atoms with Crippen LogP contribution in [-0.4, -0.2) is 41.5 Å². The van der Waals surface area contributed by atoms with Crippen LogP contribution >= 0.6 is 0 Å². The number of nitrogens with zero attached hydrogens (tertiary/aromatic N) is 1. The Balaban J connectivity index is 2.01. The average Bonchev–Trinajstić information content (AvgIpc) is 2.78. The maximum absolute atomic E-state index is 12.6. The van der Waals surface area contributed by atoms with Gasteiger partial charge in [0.05, 0.1) is 5.60 Å². The number of hydrogen-bond donors (Lipinski definition) is 3. The molecule has 1 aromatic heterocycles. The fourth-order valence-corrected chi connectivity index (χ4v) is 4.22. The van der Waals surface area contributed by atoms with Crippen molar-refractivity contribution < 1.29 is 13.5 Å². The lowest BCUT2D eigenvalue weighted by atomic mass is 9.94. The molecule has 0 spiro atoms. The molecule has 20 heavy (non-hydrogen) atoms. The van der Waals surface area contributed by atoms with E-state index in [1.54, 1.807) is 18.2 Å². The van der Waals surface area contributed by atoms with Gasteiger partial charge in [-0.2, -0.15) is 4.31 Å². The summed E-state index contributed by atoms with van der Waals surface area (Å²) in [5.41, 5.74) is 6.07. The van der Waals surface area contributed by atoms with Crippen molar-refractivity contribution in [2.24, 2.45) is 0 Å². The molecular formula is C13H17N3O3S. The summed E-state index contributed by atoms with van der Waals surface area (Å²) < 4.78 is 26.4. The van der Waals surface area contributed by atoms with Crippen LogP contribution in [-0.2, 0) is 10.0 Å². The Kier molecular flexibility index (Phi) is 2.82. The van der Waals surface area contributed by atoms with Gasteiger partial charge in [0, 0.05) is 35.9 Å². The van der Waals surface area contributed by atoms with Crippen LogP contribution in [0.2, 0.25) is 0 Å². The van der Waals surface area contributed by atoms with Crippen molar-refractivity contribution >= 4 is 26.6 Å². The zero-order valence-corrected chi connectivity index (χ0v) is 11.9. The predicted octanol–water partition coefficient (Wildman–Crippen LogP) is 0.896. The zero-order valence-electron chi connectivity index (χ0n) is 11.1. The Morgan fingerprint density at radius 1 is 1.45 bits per heavy atom. The number of nitrogens with two attached hydrogens (primary N) is 1. The van der Waals surface area contributed by atoms with Gasteiger partial charge in [-0.15, -0.1) is 0 Å². The topological polar surface area (TPSA) is 99.4 Å². The summed E-state index contributed by atoms with van der Waals surface area (Å²) in [5.74, 6) is 0. The van der Waals surface area contributed by atoms with Gasteiger partial charge in [0.15, 0.2) is 0 Å². The van der Waals surface area contributed by atoms with Gasteiger partial charge in [0.1, 0.15) is 4.90 Å². The molecule has 1 fully saturated rings. The molecule has 0 unspecified atom stereocenters. The van der Waals surface area contributed by atoms with Crippen LogP contribution in [0.5, 0.6) is 0 Å². The fourth-order valence-electron chi connectivity index (χ4n) is 2.47. The molecule has 1 saturated heterocycles. The lowest BCUT2D eigenvalue weighted by molar-refractivity contribution is -0.0613. The largest absolute Gasteiger partial charge is 0.399 e. The molecule has 0 saturated carbocycles. The Morgan fingerprint density at radius 3 is 2.80 bits per heavy atom. The number of nitrogen functional groups attached to an aromatic ring is 1. The van der Waals surface area contributed by atoms with E-state index in [9.17, 15) is 13.5 Å². The third kappa shape index (κ3) is 1.90. The summed E-state index contributed by atoms with van der Waals surface area (Å²) in [6.45, 7) is 2.12. The second-order valence-electron chi connectivity index (χ2n) is 5.31. The van der Waals surface area contributed by atoms with E-state index >= 15 is 0 Å². The first-order valence-electron chi connectivity index (χ1n) is 6.45. The quantitative estimate of drug-likeness (QED) is 0.732. The van der Waals surface area contributed by atoms with Crippen molar-refractivity contribution in [1.82, 2.24) is 9.29 Å². The average molecular weight is 295 g/mol. The Hall–Kier alpha value is -1.57. The highest BCUT2D eigenvalue weighted by Crippen LogP contribution is 2.33. The van der Waals surface area contributed by atoms with Crippen LogP contribution in [0.1, 0.15) is 13.3 Å². The van der Waals surface area contributed by atoms with E-state index in [1.165, 1.54) is 10.5 Å². The van der Waals surface area contributed by atoms with Crippen molar-refractivity contribution in [3.8, 4) is 0 Å². The van der Waals surface area contributed by atoms with Crippen LogP contribution in [0.4, 0.5) is 5.69 Å². The van der Waals surface area contributed by atoms with Crippen molar-refractivity contribution in [3.05, 3.63) is 24.4 Å². The first kappa shape index (κ1) is 13.4. The van der Waals surface area contributed by atoms with Gasteiger partial charge in [-0.1, -0.05) is 6.92 Å². The molecule has 1 aliphatic heterocycles. The molecule has 2 heterocycles. The Morgan fingerprint density at radius 2 is 2.15 bits per heavy atom. The van der Waals surface area contributed by atoms with Crippen LogP contribution < -0.4 is 5.73 Å². The standard InChI is InChI=1S/C13H17N3O3S/c1-2-13(17)7-16(8-13)20(18,19)12-6-15-11-4-3-9(14)5-10(11)12/h3-6,15,17H,2,7-8,14H2,1H3. The lowest BCUT2D eigenvalue weighted by Gasteiger charge is -2.44. The summed E-state index contributed by atoms with van der Waals surface area (Å²) in [7, 11) is -3.60. The lowest BCUT2D eigenvalue weighted by Crippen LogP contribution is -2.62. The number of H-pyrrole nitrogens is 1. The molecule has 3 rings (SSSR count). The number of aliphatic hydroxyl groups is 1. The maximum Gasteiger partial charge on any atom is 0.245 e. The minimum atomic E-state index is -3.60. The monoisotopic (exact) mass is 295 g/mol. The highest BCUT2D eigenvalue weighted by molar-refractivity contribution is 7.89. The molecule has 0 bridgehead atoms. The maximum atomic E-state index is 12.6. The molecule has 0 aliphatic carbocycles. The number of aromatic nitrogens is 1. The molecule has 0 atom stereocenters. The van der Waals surface area contributed by atoms with E-state index in [2.05, 4.69) is 4.98 Å². The molecule has 0 radical (unpaired) electrons.